The van der Waals surface area contributed by atoms with E-state index in [0.717, 1.165) is 45.0 Å². The number of amides is 1. The summed E-state index contributed by atoms with van der Waals surface area (Å²) in [7, 11) is 0. The molecule has 1 N–H and O–H groups in total. The van der Waals surface area contributed by atoms with Crippen molar-refractivity contribution in [2.75, 3.05) is 36.0 Å². The molecule has 3 heterocycles. The average molecular weight is 353 g/mol. The number of carbonyl (C=O) groups excluding carboxylic acids is 1. The van der Waals surface area contributed by atoms with Gasteiger partial charge in [0.25, 0.3) is 5.91 Å². The zero-order chi connectivity index (χ0) is 17.8. The SMILES string of the molecule is O=C(NC1CCCC1)c1ccnc(N2CCN(c3ncccn3)CC2)n1. The van der Waals surface area contributed by atoms with Crippen molar-refractivity contribution in [1.29, 1.82) is 0 Å². The van der Waals surface area contributed by atoms with Gasteiger partial charge in [-0.1, -0.05) is 12.8 Å². The van der Waals surface area contributed by atoms with E-state index in [1.807, 2.05) is 6.07 Å². The Hall–Kier alpha value is -2.77. The van der Waals surface area contributed by atoms with E-state index in [2.05, 4.69) is 35.1 Å². The maximum Gasteiger partial charge on any atom is 0.270 e. The lowest BCUT2D eigenvalue weighted by Gasteiger charge is -2.34. The van der Waals surface area contributed by atoms with E-state index in [4.69, 9.17) is 0 Å². The zero-order valence-electron chi connectivity index (χ0n) is 14.7. The van der Waals surface area contributed by atoms with Crippen LogP contribution in [0.2, 0.25) is 0 Å². The number of hydrogen-bond donors (Lipinski definition) is 1. The summed E-state index contributed by atoms with van der Waals surface area (Å²) >= 11 is 0. The van der Waals surface area contributed by atoms with Crippen LogP contribution in [0.4, 0.5) is 11.9 Å². The highest BCUT2D eigenvalue weighted by atomic mass is 16.1. The van der Waals surface area contributed by atoms with Crippen LogP contribution in [0.5, 0.6) is 0 Å². The smallest absolute Gasteiger partial charge is 0.270 e. The summed E-state index contributed by atoms with van der Waals surface area (Å²) < 4.78 is 0. The molecule has 0 aromatic carbocycles. The van der Waals surface area contributed by atoms with Crippen molar-refractivity contribution in [1.82, 2.24) is 25.3 Å². The highest BCUT2D eigenvalue weighted by molar-refractivity contribution is 5.92. The Morgan fingerprint density at radius 2 is 1.54 bits per heavy atom. The molecule has 0 unspecified atom stereocenters. The Kier molecular flexibility index (Phi) is 4.90. The first-order valence-corrected chi connectivity index (χ1v) is 9.20. The standard InChI is InChI=1S/C18H23N7O/c26-16(22-14-4-1-2-5-14)15-6-9-21-18(23-15)25-12-10-24(11-13-25)17-19-7-3-8-20-17/h3,6-9,14H,1-2,4-5,10-13H2,(H,22,26). The maximum atomic E-state index is 12.4. The van der Waals surface area contributed by atoms with Crippen LogP contribution in [0.1, 0.15) is 36.2 Å². The number of rotatable bonds is 4. The molecule has 2 aliphatic rings. The predicted molar refractivity (Wildman–Crippen MR) is 98.2 cm³/mol. The van der Waals surface area contributed by atoms with Crippen molar-refractivity contribution in [3.05, 3.63) is 36.4 Å². The number of carbonyl (C=O) groups is 1. The van der Waals surface area contributed by atoms with Gasteiger partial charge in [0.15, 0.2) is 0 Å². The molecule has 0 radical (unpaired) electrons. The fourth-order valence-electron chi connectivity index (χ4n) is 3.52. The molecule has 2 aromatic heterocycles. The summed E-state index contributed by atoms with van der Waals surface area (Å²) in [6.07, 6.45) is 9.68. The van der Waals surface area contributed by atoms with Crippen LogP contribution >= 0.6 is 0 Å². The first kappa shape index (κ1) is 16.7. The monoisotopic (exact) mass is 353 g/mol. The number of piperazine rings is 1. The Balaban J connectivity index is 1.38. The summed E-state index contributed by atoms with van der Waals surface area (Å²) in [5, 5.41) is 3.08. The van der Waals surface area contributed by atoms with Gasteiger partial charge in [0.1, 0.15) is 5.69 Å². The van der Waals surface area contributed by atoms with Crippen LogP contribution in [0.3, 0.4) is 0 Å². The first-order valence-electron chi connectivity index (χ1n) is 9.20. The quantitative estimate of drug-likeness (QED) is 0.885. The second-order valence-electron chi connectivity index (χ2n) is 6.72. The summed E-state index contributed by atoms with van der Waals surface area (Å²) in [5.74, 6) is 1.26. The molecule has 1 aliphatic carbocycles. The molecule has 1 saturated carbocycles. The number of anilines is 2. The third kappa shape index (κ3) is 3.74. The number of hydrogen-bond acceptors (Lipinski definition) is 7. The van der Waals surface area contributed by atoms with Crippen LogP contribution in [-0.4, -0.2) is 58.1 Å². The van der Waals surface area contributed by atoms with Crippen LogP contribution in [0, 0.1) is 0 Å². The normalized spacial score (nSPS) is 18.2. The van der Waals surface area contributed by atoms with Crippen LogP contribution < -0.4 is 15.1 Å². The van der Waals surface area contributed by atoms with Gasteiger partial charge >= 0.3 is 0 Å². The molecule has 1 aliphatic heterocycles. The van der Waals surface area contributed by atoms with Crippen molar-refractivity contribution in [2.45, 2.75) is 31.7 Å². The molecule has 1 saturated heterocycles. The van der Waals surface area contributed by atoms with Crippen molar-refractivity contribution in [3.8, 4) is 0 Å². The molecule has 0 bridgehead atoms. The van der Waals surface area contributed by atoms with E-state index in [1.54, 1.807) is 24.7 Å². The Bertz CT molecular complexity index is 740. The molecular formula is C18H23N7O. The molecule has 2 fully saturated rings. The molecule has 8 nitrogen and oxygen atoms in total. The van der Waals surface area contributed by atoms with E-state index in [-0.39, 0.29) is 11.9 Å². The minimum Gasteiger partial charge on any atom is -0.348 e. The predicted octanol–water partition coefficient (Wildman–Crippen LogP) is 1.27. The second kappa shape index (κ2) is 7.63. The third-order valence-electron chi connectivity index (χ3n) is 4.96. The molecule has 2 aromatic rings. The van der Waals surface area contributed by atoms with Crippen molar-refractivity contribution >= 4 is 17.8 Å². The van der Waals surface area contributed by atoms with Gasteiger partial charge in [-0.05, 0) is 25.0 Å². The highest BCUT2D eigenvalue weighted by Crippen LogP contribution is 2.18. The van der Waals surface area contributed by atoms with Gasteiger partial charge in [-0.3, -0.25) is 4.79 Å². The topological polar surface area (TPSA) is 87.1 Å². The fraction of sp³-hybridized carbons (Fsp3) is 0.500. The molecule has 4 rings (SSSR count). The lowest BCUT2D eigenvalue weighted by molar-refractivity contribution is 0.0932. The lowest BCUT2D eigenvalue weighted by Crippen LogP contribution is -2.47. The third-order valence-corrected chi connectivity index (χ3v) is 4.96. The van der Waals surface area contributed by atoms with Gasteiger partial charge in [-0.15, -0.1) is 0 Å². The molecule has 26 heavy (non-hydrogen) atoms. The Morgan fingerprint density at radius 1 is 0.923 bits per heavy atom. The Labute approximate surface area is 152 Å². The largest absolute Gasteiger partial charge is 0.348 e. The molecular weight excluding hydrogens is 330 g/mol. The summed E-state index contributed by atoms with van der Waals surface area (Å²) in [4.78, 5) is 34.1. The van der Waals surface area contributed by atoms with Gasteiger partial charge in [0.2, 0.25) is 11.9 Å². The van der Waals surface area contributed by atoms with E-state index < -0.39 is 0 Å². The summed E-state index contributed by atoms with van der Waals surface area (Å²) in [6.45, 7) is 3.13. The average Bonchev–Trinajstić information content (AvgIpc) is 3.22. The van der Waals surface area contributed by atoms with Crippen molar-refractivity contribution < 1.29 is 4.79 Å². The molecule has 0 spiro atoms. The summed E-state index contributed by atoms with van der Waals surface area (Å²) in [6, 6.07) is 3.78. The van der Waals surface area contributed by atoms with Crippen LogP contribution in [-0.2, 0) is 0 Å². The zero-order valence-corrected chi connectivity index (χ0v) is 14.7. The number of nitrogens with one attached hydrogen (secondary N) is 1. The molecule has 136 valence electrons. The van der Waals surface area contributed by atoms with E-state index in [1.165, 1.54) is 12.8 Å². The minimum absolute atomic E-state index is 0.100. The first-order chi connectivity index (χ1) is 12.8. The Morgan fingerprint density at radius 3 is 2.23 bits per heavy atom. The molecule has 8 heteroatoms. The summed E-state index contributed by atoms with van der Waals surface area (Å²) in [5.41, 5.74) is 0.440. The molecule has 0 atom stereocenters. The van der Waals surface area contributed by atoms with Crippen molar-refractivity contribution in [3.63, 3.8) is 0 Å². The van der Waals surface area contributed by atoms with Crippen molar-refractivity contribution in [2.24, 2.45) is 0 Å². The van der Waals surface area contributed by atoms with Gasteiger partial charge in [0.05, 0.1) is 0 Å². The second-order valence-corrected chi connectivity index (χ2v) is 6.72. The van der Waals surface area contributed by atoms with Gasteiger partial charge in [0, 0.05) is 50.8 Å². The van der Waals surface area contributed by atoms with E-state index >= 15 is 0 Å². The van der Waals surface area contributed by atoms with E-state index in [9.17, 15) is 4.79 Å². The van der Waals surface area contributed by atoms with Gasteiger partial charge < -0.3 is 15.1 Å². The van der Waals surface area contributed by atoms with E-state index in [0.29, 0.717) is 11.6 Å². The number of nitrogens with zero attached hydrogens (tertiary/aromatic N) is 6. The fourth-order valence-corrected chi connectivity index (χ4v) is 3.52. The van der Waals surface area contributed by atoms with Crippen LogP contribution in [0.25, 0.3) is 0 Å². The van der Waals surface area contributed by atoms with Gasteiger partial charge in [-0.25, -0.2) is 19.9 Å². The van der Waals surface area contributed by atoms with Crippen LogP contribution in [0.15, 0.2) is 30.7 Å². The maximum absolute atomic E-state index is 12.4. The highest BCUT2D eigenvalue weighted by Gasteiger charge is 2.22. The van der Waals surface area contributed by atoms with Gasteiger partial charge in [-0.2, -0.15) is 0 Å². The lowest BCUT2D eigenvalue weighted by atomic mass is 10.2. The number of aromatic nitrogens is 4. The molecule has 1 amide bonds. The minimum atomic E-state index is -0.100.